The molecule has 0 bridgehead atoms. The molecule has 0 amide bonds. The molecule has 4 heteroatoms. The van der Waals surface area contributed by atoms with Crippen molar-refractivity contribution in [2.45, 2.75) is 26.2 Å². The molecule has 17 heavy (non-hydrogen) atoms. The predicted molar refractivity (Wildman–Crippen MR) is 75.0 cm³/mol. The van der Waals surface area contributed by atoms with Crippen molar-refractivity contribution in [3.8, 4) is 12.5 Å². The second-order valence-electron chi connectivity index (χ2n) is 3.99. The Morgan fingerprint density at radius 3 is 1.71 bits per heavy atom. The van der Waals surface area contributed by atoms with Gasteiger partial charge in [-0.05, 0) is 58.5 Å². The Morgan fingerprint density at radius 2 is 1.24 bits per heavy atom. The molecule has 0 aromatic heterocycles. The zero-order valence-corrected chi connectivity index (χ0v) is 11.1. The van der Waals surface area contributed by atoms with Gasteiger partial charge in [0.05, 0.1) is 0 Å². The van der Waals surface area contributed by atoms with E-state index in [1.54, 1.807) is 0 Å². The number of terminal acetylenes is 1. The average molecular weight is 240 g/mol. The molecule has 0 spiro atoms. The summed E-state index contributed by atoms with van der Waals surface area (Å²) in [6.45, 7) is 9.54. The lowest BCUT2D eigenvalue weighted by Gasteiger charge is -2.06. The Balaban J connectivity index is 2.87. The number of rotatable bonds is 13. The molecular formula is C13H28N4. The van der Waals surface area contributed by atoms with Gasteiger partial charge < -0.3 is 21.3 Å². The first kappa shape index (κ1) is 16.2. The Bertz CT molecular complexity index is 177. The van der Waals surface area contributed by atoms with Crippen molar-refractivity contribution >= 4 is 0 Å². The van der Waals surface area contributed by atoms with Gasteiger partial charge in [0, 0.05) is 12.6 Å². The lowest BCUT2D eigenvalue weighted by Crippen LogP contribution is -2.26. The molecule has 0 aromatic rings. The molecule has 4 N–H and O–H groups in total. The third-order valence-electron chi connectivity index (χ3n) is 2.42. The standard InChI is InChI=1S/C13H28N4/c1-3-14-8-5-10-16-12-7-13-17-11-6-9-15-4-2/h1,14-17H,4-13H2,2H3. The molecule has 0 fully saturated rings. The first-order valence-corrected chi connectivity index (χ1v) is 6.72. The fraction of sp³-hybridized carbons (Fsp3) is 0.846. The maximum Gasteiger partial charge on any atom is 0.0241 e. The van der Waals surface area contributed by atoms with Gasteiger partial charge in [-0.25, -0.2) is 0 Å². The number of hydrogen-bond acceptors (Lipinski definition) is 4. The highest BCUT2D eigenvalue weighted by Crippen LogP contribution is 1.78. The molecule has 0 radical (unpaired) electrons. The van der Waals surface area contributed by atoms with Gasteiger partial charge in [0.1, 0.15) is 0 Å². The van der Waals surface area contributed by atoms with Crippen LogP contribution in [0, 0.1) is 12.5 Å². The second kappa shape index (κ2) is 15.2. The summed E-state index contributed by atoms with van der Waals surface area (Å²) in [6.07, 6.45) is 8.55. The molecule has 0 aromatic carbocycles. The summed E-state index contributed by atoms with van der Waals surface area (Å²) in [5, 5.41) is 13.0. The van der Waals surface area contributed by atoms with Crippen LogP contribution in [0.25, 0.3) is 0 Å². The van der Waals surface area contributed by atoms with E-state index in [0.717, 1.165) is 52.2 Å². The normalized spacial score (nSPS) is 10.1. The summed E-state index contributed by atoms with van der Waals surface area (Å²) in [5.41, 5.74) is 0. The van der Waals surface area contributed by atoms with Gasteiger partial charge in [0.15, 0.2) is 0 Å². The van der Waals surface area contributed by atoms with Crippen molar-refractivity contribution in [1.82, 2.24) is 21.3 Å². The highest BCUT2D eigenvalue weighted by molar-refractivity contribution is 4.79. The zero-order valence-electron chi connectivity index (χ0n) is 11.1. The maximum atomic E-state index is 5.07. The van der Waals surface area contributed by atoms with Gasteiger partial charge >= 0.3 is 0 Å². The quantitative estimate of drug-likeness (QED) is 0.210. The highest BCUT2D eigenvalue weighted by Gasteiger charge is 1.90. The predicted octanol–water partition coefficient (Wildman–Crippen LogP) is 0.126. The van der Waals surface area contributed by atoms with Crippen molar-refractivity contribution in [3.05, 3.63) is 0 Å². The number of nitrogens with one attached hydrogen (secondary N) is 4. The van der Waals surface area contributed by atoms with E-state index in [1.807, 2.05) is 0 Å². The molecule has 0 atom stereocenters. The minimum absolute atomic E-state index is 0.895. The van der Waals surface area contributed by atoms with E-state index in [0.29, 0.717) is 0 Å². The van der Waals surface area contributed by atoms with Crippen LogP contribution in [0.2, 0.25) is 0 Å². The van der Waals surface area contributed by atoms with E-state index in [4.69, 9.17) is 6.42 Å². The minimum Gasteiger partial charge on any atom is -0.346 e. The summed E-state index contributed by atoms with van der Waals surface area (Å²) in [6, 6.07) is 2.41. The van der Waals surface area contributed by atoms with Crippen LogP contribution in [0.5, 0.6) is 0 Å². The summed E-state index contributed by atoms with van der Waals surface area (Å²) in [4.78, 5) is 0. The van der Waals surface area contributed by atoms with Crippen LogP contribution in [0.1, 0.15) is 26.2 Å². The van der Waals surface area contributed by atoms with Gasteiger partial charge in [0.25, 0.3) is 0 Å². The first-order valence-electron chi connectivity index (χ1n) is 6.72. The first-order chi connectivity index (χ1) is 8.41. The third kappa shape index (κ3) is 15.2. The highest BCUT2D eigenvalue weighted by atomic mass is 14.9. The van der Waals surface area contributed by atoms with Crippen molar-refractivity contribution in [2.75, 3.05) is 45.8 Å². The van der Waals surface area contributed by atoms with E-state index < -0.39 is 0 Å². The van der Waals surface area contributed by atoms with Crippen molar-refractivity contribution in [1.29, 1.82) is 0 Å². The van der Waals surface area contributed by atoms with E-state index in [-0.39, 0.29) is 0 Å². The molecule has 0 unspecified atom stereocenters. The van der Waals surface area contributed by atoms with E-state index >= 15 is 0 Å². The Morgan fingerprint density at radius 1 is 0.765 bits per heavy atom. The van der Waals surface area contributed by atoms with Crippen LogP contribution in [0.3, 0.4) is 0 Å². The summed E-state index contributed by atoms with van der Waals surface area (Å²) < 4.78 is 0. The second-order valence-corrected chi connectivity index (χ2v) is 3.99. The summed E-state index contributed by atoms with van der Waals surface area (Å²) >= 11 is 0. The zero-order chi connectivity index (χ0) is 12.6. The topological polar surface area (TPSA) is 48.1 Å². The van der Waals surface area contributed by atoms with Crippen LogP contribution >= 0.6 is 0 Å². The van der Waals surface area contributed by atoms with E-state index in [2.05, 4.69) is 34.2 Å². The maximum absolute atomic E-state index is 5.07. The molecule has 0 saturated heterocycles. The van der Waals surface area contributed by atoms with Crippen LogP contribution in [0.15, 0.2) is 0 Å². The third-order valence-corrected chi connectivity index (χ3v) is 2.42. The molecule has 0 heterocycles. The smallest absolute Gasteiger partial charge is 0.0241 e. The lowest BCUT2D eigenvalue weighted by atomic mass is 10.3. The number of hydrogen-bond donors (Lipinski definition) is 4. The van der Waals surface area contributed by atoms with Crippen LogP contribution in [0.4, 0.5) is 0 Å². The van der Waals surface area contributed by atoms with E-state index in [1.165, 1.54) is 12.8 Å². The SMILES string of the molecule is C#CNCCCNCCCNCCCNCC. The van der Waals surface area contributed by atoms with Gasteiger partial charge in [-0.1, -0.05) is 13.3 Å². The van der Waals surface area contributed by atoms with Gasteiger partial charge in [-0.15, -0.1) is 0 Å². The molecule has 0 rings (SSSR count). The Labute approximate surface area is 106 Å². The average Bonchev–Trinajstić information content (AvgIpc) is 2.35. The van der Waals surface area contributed by atoms with E-state index in [9.17, 15) is 0 Å². The van der Waals surface area contributed by atoms with Crippen LogP contribution in [-0.4, -0.2) is 45.8 Å². The van der Waals surface area contributed by atoms with Crippen molar-refractivity contribution < 1.29 is 0 Å². The van der Waals surface area contributed by atoms with Gasteiger partial charge in [-0.2, -0.15) is 0 Å². The molecule has 4 nitrogen and oxygen atoms in total. The molecular weight excluding hydrogens is 212 g/mol. The van der Waals surface area contributed by atoms with Crippen LogP contribution in [-0.2, 0) is 0 Å². The minimum atomic E-state index is 0.895. The van der Waals surface area contributed by atoms with Crippen molar-refractivity contribution in [2.24, 2.45) is 0 Å². The summed E-state index contributed by atoms with van der Waals surface area (Å²) in [5.74, 6) is 0. The molecule has 0 saturated carbocycles. The Kier molecular flexibility index (Phi) is 14.6. The molecule has 0 aliphatic rings. The van der Waals surface area contributed by atoms with Crippen molar-refractivity contribution in [3.63, 3.8) is 0 Å². The monoisotopic (exact) mass is 240 g/mol. The molecule has 100 valence electrons. The fourth-order valence-electron chi connectivity index (χ4n) is 1.48. The Hall–Kier alpha value is -0.760. The largest absolute Gasteiger partial charge is 0.346 e. The van der Waals surface area contributed by atoms with Gasteiger partial charge in [0.2, 0.25) is 0 Å². The summed E-state index contributed by atoms with van der Waals surface area (Å²) in [7, 11) is 0. The molecule has 0 aliphatic carbocycles. The van der Waals surface area contributed by atoms with Gasteiger partial charge in [-0.3, -0.25) is 0 Å². The lowest BCUT2D eigenvalue weighted by molar-refractivity contribution is 0.563. The van der Waals surface area contributed by atoms with Crippen LogP contribution < -0.4 is 21.3 Å². The fourth-order valence-corrected chi connectivity index (χ4v) is 1.48. The molecule has 0 aliphatic heterocycles.